The van der Waals surface area contributed by atoms with Gasteiger partial charge in [-0.05, 0) is 18.9 Å². The average molecular weight is 264 g/mol. The van der Waals surface area contributed by atoms with Crippen molar-refractivity contribution in [1.82, 2.24) is 5.06 Å². The van der Waals surface area contributed by atoms with Gasteiger partial charge in [0.15, 0.2) is 0 Å². The molecule has 1 aromatic carbocycles. The van der Waals surface area contributed by atoms with Gasteiger partial charge in [-0.2, -0.15) is 0 Å². The summed E-state index contributed by atoms with van der Waals surface area (Å²) < 4.78 is 13.8. The SMILES string of the molecule is N[C@H]1C[C@@H](C(=O)N2OCC[C@H]2c2ccccc2F)C1. The lowest BCUT2D eigenvalue weighted by Gasteiger charge is -2.35. The molecule has 0 bridgehead atoms. The summed E-state index contributed by atoms with van der Waals surface area (Å²) in [6.07, 6.45) is 2.02. The van der Waals surface area contributed by atoms with Gasteiger partial charge in [0.25, 0.3) is 0 Å². The maximum atomic E-state index is 13.8. The molecule has 4 nitrogen and oxygen atoms in total. The van der Waals surface area contributed by atoms with Crippen LogP contribution in [0.25, 0.3) is 0 Å². The molecule has 3 rings (SSSR count). The van der Waals surface area contributed by atoms with Crippen molar-refractivity contribution in [3.8, 4) is 0 Å². The smallest absolute Gasteiger partial charge is 0.249 e. The van der Waals surface area contributed by atoms with Crippen molar-refractivity contribution in [2.45, 2.75) is 31.3 Å². The molecule has 19 heavy (non-hydrogen) atoms. The number of nitrogens with zero attached hydrogens (tertiary/aromatic N) is 1. The van der Waals surface area contributed by atoms with E-state index in [1.54, 1.807) is 18.2 Å². The highest BCUT2D eigenvalue weighted by molar-refractivity contribution is 5.79. The number of benzene rings is 1. The summed E-state index contributed by atoms with van der Waals surface area (Å²) in [5.74, 6) is -0.420. The van der Waals surface area contributed by atoms with E-state index in [9.17, 15) is 9.18 Å². The van der Waals surface area contributed by atoms with E-state index in [0.717, 1.165) is 0 Å². The number of carbonyl (C=O) groups is 1. The van der Waals surface area contributed by atoms with Crippen molar-refractivity contribution in [3.63, 3.8) is 0 Å². The Kier molecular flexibility index (Phi) is 3.24. The Labute approximate surface area is 111 Å². The summed E-state index contributed by atoms with van der Waals surface area (Å²) in [6.45, 7) is 0.448. The van der Waals surface area contributed by atoms with Gasteiger partial charge in [0.1, 0.15) is 5.82 Å². The Morgan fingerprint density at radius 2 is 2.11 bits per heavy atom. The molecule has 1 atom stereocenters. The fraction of sp³-hybridized carbons (Fsp3) is 0.500. The van der Waals surface area contributed by atoms with E-state index in [0.29, 0.717) is 31.4 Å². The molecule has 0 radical (unpaired) electrons. The molecule has 0 unspecified atom stereocenters. The second-order valence-corrected chi connectivity index (χ2v) is 5.25. The van der Waals surface area contributed by atoms with Crippen molar-refractivity contribution in [2.75, 3.05) is 6.61 Å². The number of halogens is 1. The summed E-state index contributed by atoms with van der Waals surface area (Å²) in [7, 11) is 0. The van der Waals surface area contributed by atoms with E-state index in [1.165, 1.54) is 11.1 Å². The van der Waals surface area contributed by atoms with Crippen LogP contribution in [-0.2, 0) is 9.63 Å². The quantitative estimate of drug-likeness (QED) is 0.885. The summed E-state index contributed by atoms with van der Waals surface area (Å²) >= 11 is 0. The van der Waals surface area contributed by atoms with Gasteiger partial charge in [-0.1, -0.05) is 18.2 Å². The molecule has 1 aliphatic carbocycles. The molecule has 102 valence electrons. The van der Waals surface area contributed by atoms with Crippen LogP contribution in [0.2, 0.25) is 0 Å². The van der Waals surface area contributed by atoms with Crippen LogP contribution in [0.15, 0.2) is 24.3 Å². The standard InChI is InChI=1S/C14H17FN2O2/c15-12-4-2-1-3-11(12)13-5-6-19-17(13)14(18)9-7-10(16)8-9/h1-4,9-10,13H,5-8,16H2/t9-,10+,13-/m0/s1. The van der Waals surface area contributed by atoms with E-state index in [1.807, 2.05) is 0 Å². The predicted molar refractivity (Wildman–Crippen MR) is 67.3 cm³/mol. The number of amides is 1. The van der Waals surface area contributed by atoms with Crippen molar-refractivity contribution < 1.29 is 14.0 Å². The second-order valence-electron chi connectivity index (χ2n) is 5.25. The highest BCUT2D eigenvalue weighted by atomic mass is 19.1. The third-order valence-corrected chi connectivity index (χ3v) is 3.91. The van der Waals surface area contributed by atoms with Crippen LogP contribution < -0.4 is 5.73 Å². The van der Waals surface area contributed by atoms with Crippen molar-refractivity contribution in [1.29, 1.82) is 0 Å². The number of rotatable bonds is 2. The fourth-order valence-corrected chi connectivity index (χ4v) is 2.76. The minimum Gasteiger partial charge on any atom is -0.328 e. The van der Waals surface area contributed by atoms with Gasteiger partial charge >= 0.3 is 0 Å². The number of hydrogen-bond acceptors (Lipinski definition) is 3. The second kappa shape index (κ2) is 4.90. The Hall–Kier alpha value is -1.46. The van der Waals surface area contributed by atoms with E-state index < -0.39 is 0 Å². The molecule has 1 heterocycles. The molecule has 2 aliphatic rings. The molecule has 1 saturated heterocycles. The lowest BCUT2D eigenvalue weighted by atomic mass is 9.80. The summed E-state index contributed by atoms with van der Waals surface area (Å²) in [4.78, 5) is 17.7. The third-order valence-electron chi connectivity index (χ3n) is 3.91. The van der Waals surface area contributed by atoms with Gasteiger partial charge in [0.2, 0.25) is 5.91 Å². The van der Waals surface area contributed by atoms with Gasteiger partial charge < -0.3 is 5.73 Å². The summed E-state index contributed by atoms with van der Waals surface area (Å²) in [5, 5.41) is 1.36. The molecule has 1 saturated carbocycles. The Balaban J connectivity index is 1.78. The zero-order valence-corrected chi connectivity index (χ0v) is 10.6. The maximum Gasteiger partial charge on any atom is 0.249 e. The zero-order valence-electron chi connectivity index (χ0n) is 10.6. The molecule has 1 aromatic rings. The summed E-state index contributed by atoms with van der Waals surface area (Å²) in [6, 6.07) is 6.34. The molecule has 1 aliphatic heterocycles. The van der Waals surface area contributed by atoms with E-state index in [-0.39, 0.29) is 29.7 Å². The number of nitrogens with two attached hydrogens (primary N) is 1. The molecular formula is C14H17FN2O2. The van der Waals surface area contributed by atoms with Crippen LogP contribution in [0.3, 0.4) is 0 Å². The maximum absolute atomic E-state index is 13.8. The van der Waals surface area contributed by atoms with Crippen LogP contribution in [-0.4, -0.2) is 23.6 Å². The Morgan fingerprint density at radius 3 is 2.79 bits per heavy atom. The van der Waals surface area contributed by atoms with E-state index in [4.69, 9.17) is 10.6 Å². The van der Waals surface area contributed by atoms with Crippen molar-refractivity contribution in [3.05, 3.63) is 35.6 Å². The first-order valence-corrected chi connectivity index (χ1v) is 6.63. The molecule has 2 fully saturated rings. The van der Waals surface area contributed by atoms with Crippen molar-refractivity contribution >= 4 is 5.91 Å². The molecule has 0 aromatic heterocycles. The first-order chi connectivity index (χ1) is 9.16. The monoisotopic (exact) mass is 264 g/mol. The van der Waals surface area contributed by atoms with Crippen LogP contribution in [0.1, 0.15) is 30.9 Å². The van der Waals surface area contributed by atoms with E-state index >= 15 is 0 Å². The largest absolute Gasteiger partial charge is 0.328 e. The van der Waals surface area contributed by atoms with Gasteiger partial charge in [-0.3, -0.25) is 9.63 Å². The Morgan fingerprint density at radius 1 is 1.37 bits per heavy atom. The van der Waals surface area contributed by atoms with Gasteiger partial charge in [0, 0.05) is 23.9 Å². The van der Waals surface area contributed by atoms with Crippen molar-refractivity contribution in [2.24, 2.45) is 11.7 Å². The van der Waals surface area contributed by atoms with Crippen LogP contribution in [0.4, 0.5) is 4.39 Å². The lowest BCUT2D eigenvalue weighted by Crippen LogP contribution is -2.46. The third kappa shape index (κ3) is 2.24. The fourth-order valence-electron chi connectivity index (χ4n) is 2.76. The normalized spacial score (nSPS) is 30.2. The average Bonchev–Trinajstić information content (AvgIpc) is 2.84. The molecule has 2 N–H and O–H groups in total. The van der Waals surface area contributed by atoms with Crippen LogP contribution >= 0.6 is 0 Å². The first kappa shape index (κ1) is 12.6. The highest BCUT2D eigenvalue weighted by Gasteiger charge is 2.41. The van der Waals surface area contributed by atoms with Gasteiger partial charge in [-0.25, -0.2) is 9.45 Å². The first-order valence-electron chi connectivity index (χ1n) is 6.63. The zero-order chi connectivity index (χ0) is 13.4. The number of hydroxylamine groups is 2. The molecular weight excluding hydrogens is 247 g/mol. The van der Waals surface area contributed by atoms with Crippen LogP contribution in [0.5, 0.6) is 0 Å². The summed E-state index contributed by atoms with van der Waals surface area (Å²) in [5.41, 5.74) is 6.23. The number of carbonyl (C=O) groups excluding carboxylic acids is 1. The minimum atomic E-state index is -0.314. The Bertz CT molecular complexity index is 488. The topological polar surface area (TPSA) is 55.6 Å². The van der Waals surface area contributed by atoms with Gasteiger partial charge in [0.05, 0.1) is 12.6 Å². The van der Waals surface area contributed by atoms with Crippen LogP contribution in [0, 0.1) is 11.7 Å². The molecule has 5 heteroatoms. The lowest BCUT2D eigenvalue weighted by molar-refractivity contribution is -0.185. The minimum absolute atomic E-state index is 0.0625. The van der Waals surface area contributed by atoms with E-state index in [2.05, 4.69) is 0 Å². The number of hydrogen-bond donors (Lipinski definition) is 1. The van der Waals surface area contributed by atoms with Gasteiger partial charge in [-0.15, -0.1) is 0 Å². The predicted octanol–water partition coefficient (Wildman–Crippen LogP) is 1.77. The molecule has 1 amide bonds. The highest BCUT2D eigenvalue weighted by Crippen LogP contribution is 2.36. The molecule has 0 spiro atoms.